The van der Waals surface area contributed by atoms with Gasteiger partial charge in [0.05, 0.1) is 0 Å². The van der Waals surface area contributed by atoms with Gasteiger partial charge in [-0.1, -0.05) is 11.6 Å². The lowest BCUT2D eigenvalue weighted by atomic mass is 9.50. The van der Waals surface area contributed by atoms with Gasteiger partial charge in [-0.15, -0.1) is 0 Å². The molecule has 0 aromatic heterocycles. The van der Waals surface area contributed by atoms with E-state index in [0.717, 1.165) is 47.8 Å². The van der Waals surface area contributed by atoms with Gasteiger partial charge in [0.1, 0.15) is 17.1 Å². The van der Waals surface area contributed by atoms with Crippen molar-refractivity contribution in [2.45, 2.75) is 83.2 Å². The van der Waals surface area contributed by atoms with E-state index < -0.39 is 0 Å². The van der Waals surface area contributed by atoms with Crippen molar-refractivity contribution in [1.82, 2.24) is 0 Å². The molecule has 7 rings (SSSR count). The van der Waals surface area contributed by atoms with Gasteiger partial charge in [0.25, 0.3) is 0 Å². The topological polar surface area (TPSA) is 29.5 Å². The summed E-state index contributed by atoms with van der Waals surface area (Å²) < 4.78 is 6.60. The Labute approximate surface area is 169 Å². The SMILES string of the molecule is CC1=CC[C@@H]2[C@@H](C1)c1c(O)cc(C3C4CC5CC(C4)CC3C5)cc1OC2(C)C. The Morgan fingerprint density at radius 2 is 1.68 bits per heavy atom. The summed E-state index contributed by atoms with van der Waals surface area (Å²) in [7, 11) is 0. The molecule has 0 amide bonds. The molecule has 4 bridgehead atoms. The lowest BCUT2D eigenvalue weighted by Gasteiger charge is -2.55. The molecule has 2 atom stereocenters. The summed E-state index contributed by atoms with van der Waals surface area (Å²) >= 11 is 0. The molecule has 4 fully saturated rings. The summed E-state index contributed by atoms with van der Waals surface area (Å²) in [5.41, 5.74) is 3.73. The van der Waals surface area contributed by atoms with E-state index in [4.69, 9.17) is 4.74 Å². The maximum Gasteiger partial charge on any atom is 0.127 e. The second-order valence-electron chi connectivity index (χ2n) is 11.3. The molecule has 0 saturated heterocycles. The van der Waals surface area contributed by atoms with Gasteiger partial charge >= 0.3 is 0 Å². The average Bonchev–Trinajstić information content (AvgIpc) is 2.59. The van der Waals surface area contributed by atoms with Gasteiger partial charge in [0.2, 0.25) is 0 Å². The number of hydrogen-bond acceptors (Lipinski definition) is 2. The first-order valence-electron chi connectivity index (χ1n) is 11.6. The zero-order valence-corrected chi connectivity index (χ0v) is 17.6. The zero-order valence-electron chi connectivity index (χ0n) is 17.6. The van der Waals surface area contributed by atoms with Crippen LogP contribution < -0.4 is 4.74 Å². The van der Waals surface area contributed by atoms with Crippen LogP contribution in [0.1, 0.15) is 88.7 Å². The molecule has 2 nitrogen and oxygen atoms in total. The maximum absolute atomic E-state index is 11.2. The molecule has 28 heavy (non-hydrogen) atoms. The summed E-state index contributed by atoms with van der Waals surface area (Å²) in [6, 6.07) is 4.48. The fourth-order valence-corrected chi connectivity index (χ4v) is 8.25. The minimum Gasteiger partial charge on any atom is -0.508 e. The van der Waals surface area contributed by atoms with Crippen molar-refractivity contribution in [2.75, 3.05) is 0 Å². The van der Waals surface area contributed by atoms with Gasteiger partial charge in [0.15, 0.2) is 0 Å². The number of hydrogen-bond donors (Lipinski definition) is 1. The lowest BCUT2D eigenvalue weighted by Crippen LogP contribution is -2.46. The Bertz CT molecular complexity index is 820. The molecule has 1 N–H and O–H groups in total. The third-order valence-electron chi connectivity index (χ3n) is 9.14. The van der Waals surface area contributed by atoms with Crippen LogP contribution in [0.5, 0.6) is 11.5 Å². The van der Waals surface area contributed by atoms with Gasteiger partial charge in [-0.05, 0) is 113 Å². The monoisotopic (exact) mass is 378 g/mol. The molecule has 5 aliphatic carbocycles. The number of benzene rings is 1. The number of phenolic OH excluding ortho intramolecular Hbond substituents is 1. The predicted molar refractivity (Wildman–Crippen MR) is 112 cm³/mol. The van der Waals surface area contributed by atoms with Crippen LogP contribution in [0.2, 0.25) is 0 Å². The van der Waals surface area contributed by atoms with Gasteiger partial charge in [-0.25, -0.2) is 0 Å². The molecule has 0 spiro atoms. The van der Waals surface area contributed by atoms with Crippen molar-refractivity contribution in [3.8, 4) is 11.5 Å². The summed E-state index contributed by atoms with van der Waals surface area (Å²) in [4.78, 5) is 0. The third kappa shape index (κ3) is 2.45. The minimum atomic E-state index is -0.177. The van der Waals surface area contributed by atoms with Crippen LogP contribution >= 0.6 is 0 Å². The van der Waals surface area contributed by atoms with Crippen LogP contribution in [0.15, 0.2) is 23.8 Å². The van der Waals surface area contributed by atoms with Crippen molar-refractivity contribution in [3.63, 3.8) is 0 Å². The van der Waals surface area contributed by atoms with Crippen molar-refractivity contribution >= 4 is 0 Å². The first kappa shape index (κ1) is 17.4. The van der Waals surface area contributed by atoms with E-state index in [2.05, 4.69) is 39.0 Å². The summed E-state index contributed by atoms with van der Waals surface area (Å²) in [6.07, 6.45) is 11.6. The van der Waals surface area contributed by atoms with E-state index in [1.54, 1.807) is 0 Å². The highest BCUT2D eigenvalue weighted by atomic mass is 16.5. The molecule has 1 aromatic carbocycles. The van der Waals surface area contributed by atoms with Crippen LogP contribution in [0.25, 0.3) is 0 Å². The van der Waals surface area contributed by atoms with Crippen LogP contribution in [0.3, 0.4) is 0 Å². The highest BCUT2D eigenvalue weighted by molar-refractivity contribution is 5.53. The van der Waals surface area contributed by atoms with Crippen LogP contribution in [0.4, 0.5) is 0 Å². The predicted octanol–water partition coefficient (Wildman–Crippen LogP) is 6.54. The Morgan fingerprint density at radius 1 is 1.00 bits per heavy atom. The van der Waals surface area contributed by atoms with E-state index in [1.165, 1.54) is 43.2 Å². The summed E-state index contributed by atoms with van der Waals surface area (Å²) in [5, 5.41) is 11.2. The Kier molecular flexibility index (Phi) is 3.61. The van der Waals surface area contributed by atoms with Gasteiger partial charge in [-0.3, -0.25) is 0 Å². The van der Waals surface area contributed by atoms with E-state index in [9.17, 15) is 5.11 Å². The first-order valence-corrected chi connectivity index (χ1v) is 11.6. The van der Waals surface area contributed by atoms with E-state index in [0.29, 0.717) is 23.5 Å². The molecule has 0 radical (unpaired) electrons. The van der Waals surface area contributed by atoms with Crippen LogP contribution in [-0.2, 0) is 0 Å². The quantitative estimate of drug-likeness (QED) is 0.562. The molecule has 6 aliphatic rings. The minimum absolute atomic E-state index is 0.177. The number of fused-ring (bicyclic) bond motifs is 3. The number of aromatic hydroxyl groups is 1. The molecular weight excluding hydrogens is 344 g/mol. The zero-order chi connectivity index (χ0) is 19.2. The second-order valence-corrected chi connectivity index (χ2v) is 11.3. The van der Waals surface area contributed by atoms with E-state index >= 15 is 0 Å². The number of ether oxygens (including phenoxy) is 1. The van der Waals surface area contributed by atoms with Gasteiger partial charge in [-0.2, -0.15) is 0 Å². The third-order valence-corrected chi connectivity index (χ3v) is 9.14. The van der Waals surface area contributed by atoms with Crippen molar-refractivity contribution in [1.29, 1.82) is 0 Å². The number of rotatable bonds is 1. The molecule has 2 heteroatoms. The molecular formula is C26H34O2. The average molecular weight is 379 g/mol. The normalized spacial score (nSPS) is 42.4. The molecule has 1 heterocycles. The van der Waals surface area contributed by atoms with Gasteiger partial charge in [0, 0.05) is 17.4 Å². The number of phenols is 1. The first-order chi connectivity index (χ1) is 13.4. The smallest absolute Gasteiger partial charge is 0.127 e. The highest BCUT2D eigenvalue weighted by Gasteiger charge is 2.50. The fourth-order valence-electron chi connectivity index (χ4n) is 8.25. The standard InChI is InChI=1S/C26H34O2/c1-14-4-5-21-20(6-14)25-22(27)12-19(13-23(25)28-26(21,2)3)24-17-8-15-7-16(10-17)11-18(24)9-15/h4,12-13,15-18,20-21,24,27H,5-11H2,1-3H3/t15?,16?,17?,18?,20-,21-,24?/m1/s1. The van der Waals surface area contributed by atoms with Crippen molar-refractivity contribution in [2.24, 2.45) is 29.6 Å². The summed E-state index contributed by atoms with van der Waals surface area (Å²) in [5.74, 6) is 6.58. The Hall–Kier alpha value is -1.44. The molecule has 1 aromatic rings. The lowest BCUT2D eigenvalue weighted by molar-refractivity contribution is -0.00452. The molecule has 0 unspecified atom stereocenters. The van der Waals surface area contributed by atoms with Gasteiger partial charge < -0.3 is 9.84 Å². The molecule has 1 aliphatic heterocycles. The second kappa shape index (κ2) is 5.80. The largest absolute Gasteiger partial charge is 0.508 e. The number of allylic oxidation sites excluding steroid dienone is 2. The van der Waals surface area contributed by atoms with E-state index in [-0.39, 0.29) is 5.60 Å². The Morgan fingerprint density at radius 3 is 2.36 bits per heavy atom. The maximum atomic E-state index is 11.2. The van der Waals surface area contributed by atoms with E-state index in [1.807, 2.05) is 0 Å². The molecule has 4 saturated carbocycles. The van der Waals surface area contributed by atoms with Crippen LogP contribution in [-0.4, -0.2) is 10.7 Å². The van der Waals surface area contributed by atoms with Crippen molar-refractivity contribution < 1.29 is 9.84 Å². The van der Waals surface area contributed by atoms with Crippen molar-refractivity contribution in [3.05, 3.63) is 34.9 Å². The summed E-state index contributed by atoms with van der Waals surface area (Å²) in [6.45, 7) is 6.72. The highest BCUT2D eigenvalue weighted by Crippen LogP contribution is 2.61. The fraction of sp³-hybridized carbons (Fsp3) is 0.692. The Balaban J connectivity index is 1.42. The molecule has 150 valence electrons. The van der Waals surface area contributed by atoms with Crippen LogP contribution in [0, 0.1) is 29.6 Å².